The highest BCUT2D eigenvalue weighted by Crippen LogP contribution is 2.25. The van der Waals surface area contributed by atoms with E-state index in [1.807, 2.05) is 30.3 Å². The van der Waals surface area contributed by atoms with E-state index in [0.717, 1.165) is 17.7 Å². The molecule has 0 aliphatic carbocycles. The number of carbonyl (C=O) groups is 3. The van der Waals surface area contributed by atoms with Crippen molar-refractivity contribution >= 4 is 29.3 Å². The second-order valence-corrected chi connectivity index (χ2v) is 7.10. The van der Waals surface area contributed by atoms with Crippen molar-refractivity contribution in [3.63, 3.8) is 0 Å². The van der Waals surface area contributed by atoms with Crippen LogP contribution in [0, 0.1) is 0 Å². The molecule has 0 unspecified atom stereocenters. The zero-order valence-electron chi connectivity index (χ0n) is 17.1. The maximum Gasteiger partial charge on any atom is 0.343 e. The third kappa shape index (κ3) is 4.32. The number of benzene rings is 2. The van der Waals surface area contributed by atoms with Crippen molar-refractivity contribution in [2.24, 2.45) is 0 Å². The number of ether oxygens (including phenoxy) is 1. The van der Waals surface area contributed by atoms with Gasteiger partial charge in [-0.1, -0.05) is 18.2 Å². The predicted octanol–water partition coefficient (Wildman–Crippen LogP) is 3.58. The number of aryl methyl sites for hydroxylation is 1. The fourth-order valence-electron chi connectivity index (χ4n) is 3.49. The molecule has 1 aromatic heterocycles. The van der Waals surface area contributed by atoms with Gasteiger partial charge in [-0.15, -0.1) is 0 Å². The Bertz CT molecular complexity index is 1140. The van der Waals surface area contributed by atoms with Gasteiger partial charge in [0.2, 0.25) is 5.91 Å². The summed E-state index contributed by atoms with van der Waals surface area (Å²) in [5.41, 5.74) is 2.91. The molecule has 2 aromatic carbocycles. The van der Waals surface area contributed by atoms with Crippen molar-refractivity contribution in [2.75, 3.05) is 17.2 Å². The summed E-state index contributed by atoms with van der Waals surface area (Å²) in [4.78, 5) is 37.3. The van der Waals surface area contributed by atoms with E-state index in [1.54, 1.807) is 25.1 Å². The van der Waals surface area contributed by atoms with Crippen LogP contribution in [-0.2, 0) is 16.0 Å². The summed E-state index contributed by atoms with van der Waals surface area (Å²) in [6, 6.07) is 14.3. The number of esters is 1. The van der Waals surface area contributed by atoms with Gasteiger partial charge in [0.25, 0.3) is 5.91 Å². The highest BCUT2D eigenvalue weighted by molar-refractivity contribution is 6.08. The number of para-hydroxylation sites is 1. The molecule has 0 radical (unpaired) electrons. The number of nitrogens with zero attached hydrogens (tertiary/aromatic N) is 2. The van der Waals surface area contributed by atoms with E-state index in [4.69, 9.17) is 4.74 Å². The molecule has 8 heteroatoms. The van der Waals surface area contributed by atoms with Gasteiger partial charge in [-0.25, -0.2) is 9.48 Å². The lowest BCUT2D eigenvalue weighted by Crippen LogP contribution is -2.18. The number of hydrogen-bond acceptors (Lipinski definition) is 5. The summed E-state index contributed by atoms with van der Waals surface area (Å²) in [5, 5.41) is 9.96. The smallest absolute Gasteiger partial charge is 0.343 e. The molecule has 0 spiro atoms. The number of carbonyl (C=O) groups excluding carboxylic acids is 3. The van der Waals surface area contributed by atoms with Crippen LogP contribution in [-0.4, -0.2) is 34.2 Å². The van der Waals surface area contributed by atoms with E-state index in [1.165, 1.54) is 10.9 Å². The van der Waals surface area contributed by atoms with E-state index < -0.39 is 5.97 Å². The first kappa shape index (κ1) is 20.3. The van der Waals surface area contributed by atoms with Crippen LogP contribution in [0.15, 0.2) is 54.7 Å². The molecule has 31 heavy (non-hydrogen) atoms. The van der Waals surface area contributed by atoms with Gasteiger partial charge in [-0.05, 0) is 55.7 Å². The summed E-state index contributed by atoms with van der Waals surface area (Å²) < 4.78 is 6.61. The minimum absolute atomic E-state index is 0.0261. The summed E-state index contributed by atoms with van der Waals surface area (Å²) >= 11 is 0. The number of rotatable bonds is 5. The van der Waals surface area contributed by atoms with Crippen molar-refractivity contribution in [2.45, 2.75) is 26.2 Å². The number of aromatic nitrogens is 2. The molecule has 1 aliphatic heterocycles. The first-order valence-electron chi connectivity index (χ1n) is 10.1. The number of fused-ring (bicyclic) bond motifs is 1. The Morgan fingerprint density at radius 2 is 1.97 bits per heavy atom. The van der Waals surface area contributed by atoms with Crippen LogP contribution in [0.3, 0.4) is 0 Å². The van der Waals surface area contributed by atoms with Gasteiger partial charge in [-0.2, -0.15) is 5.10 Å². The normalized spacial score (nSPS) is 13.0. The van der Waals surface area contributed by atoms with E-state index in [2.05, 4.69) is 15.7 Å². The fraction of sp³-hybridized carbons (Fsp3) is 0.217. The number of amides is 2. The van der Waals surface area contributed by atoms with Crippen molar-refractivity contribution in [1.29, 1.82) is 0 Å². The molecule has 1 aliphatic rings. The third-order valence-corrected chi connectivity index (χ3v) is 4.99. The monoisotopic (exact) mass is 418 g/mol. The van der Waals surface area contributed by atoms with Crippen LogP contribution in [0.5, 0.6) is 0 Å². The summed E-state index contributed by atoms with van der Waals surface area (Å²) in [7, 11) is 0. The van der Waals surface area contributed by atoms with Gasteiger partial charge in [0.1, 0.15) is 5.56 Å². The largest absolute Gasteiger partial charge is 0.462 e. The van der Waals surface area contributed by atoms with Crippen LogP contribution in [0.4, 0.5) is 11.5 Å². The number of hydrogen-bond donors (Lipinski definition) is 2. The highest BCUT2D eigenvalue weighted by Gasteiger charge is 2.23. The van der Waals surface area contributed by atoms with Gasteiger partial charge in [-0.3, -0.25) is 9.59 Å². The third-order valence-electron chi connectivity index (χ3n) is 4.99. The topological polar surface area (TPSA) is 102 Å². The summed E-state index contributed by atoms with van der Waals surface area (Å²) in [6.07, 6.45) is 3.26. The lowest BCUT2D eigenvalue weighted by Gasteiger charge is -2.13. The van der Waals surface area contributed by atoms with Gasteiger partial charge in [0.05, 0.1) is 18.5 Å². The lowest BCUT2D eigenvalue weighted by atomic mass is 10.0. The maximum absolute atomic E-state index is 13.1. The molecule has 2 heterocycles. The van der Waals surface area contributed by atoms with Crippen molar-refractivity contribution in [3.05, 3.63) is 71.4 Å². The Morgan fingerprint density at radius 1 is 1.16 bits per heavy atom. The molecule has 4 rings (SSSR count). The minimum atomic E-state index is -0.565. The highest BCUT2D eigenvalue weighted by atomic mass is 16.5. The van der Waals surface area contributed by atoms with Crippen LogP contribution < -0.4 is 10.6 Å². The standard InChI is InChI=1S/C23H22N4O4/c1-2-31-23(30)18-14-24-27(17-8-4-3-5-9-17)21(18)26-22(29)16-11-12-19-15(13-16)7-6-10-20(28)25-19/h3-5,8-9,11-14H,2,6-7,10H2,1H3,(H,25,28)(H,26,29). The van der Waals surface area contributed by atoms with E-state index >= 15 is 0 Å². The molecule has 0 fully saturated rings. The van der Waals surface area contributed by atoms with Crippen molar-refractivity contribution in [3.8, 4) is 5.69 Å². The van der Waals surface area contributed by atoms with E-state index in [9.17, 15) is 14.4 Å². The zero-order valence-corrected chi connectivity index (χ0v) is 17.1. The molecule has 0 saturated carbocycles. The van der Waals surface area contributed by atoms with Gasteiger partial charge in [0, 0.05) is 17.7 Å². The minimum Gasteiger partial charge on any atom is -0.462 e. The molecular weight excluding hydrogens is 396 g/mol. The first-order valence-corrected chi connectivity index (χ1v) is 10.1. The Balaban J connectivity index is 1.67. The van der Waals surface area contributed by atoms with Crippen LogP contribution in [0.25, 0.3) is 5.69 Å². The maximum atomic E-state index is 13.1. The van der Waals surface area contributed by atoms with Gasteiger partial charge < -0.3 is 15.4 Å². The molecular formula is C23H22N4O4. The molecule has 8 nitrogen and oxygen atoms in total. The fourth-order valence-corrected chi connectivity index (χ4v) is 3.49. The Labute approximate surface area is 179 Å². The van der Waals surface area contributed by atoms with E-state index in [0.29, 0.717) is 24.1 Å². The molecule has 0 atom stereocenters. The zero-order chi connectivity index (χ0) is 21.8. The number of nitrogens with one attached hydrogen (secondary N) is 2. The van der Waals surface area contributed by atoms with E-state index in [-0.39, 0.29) is 29.8 Å². The molecule has 0 saturated heterocycles. The molecule has 2 amide bonds. The summed E-state index contributed by atoms with van der Waals surface area (Å²) in [5.74, 6) is -0.745. The second kappa shape index (κ2) is 8.83. The molecule has 2 N–H and O–H groups in total. The summed E-state index contributed by atoms with van der Waals surface area (Å²) in [6.45, 7) is 1.92. The van der Waals surface area contributed by atoms with Crippen LogP contribution in [0.1, 0.15) is 46.0 Å². The van der Waals surface area contributed by atoms with Crippen LogP contribution >= 0.6 is 0 Å². The SMILES string of the molecule is CCOC(=O)c1cnn(-c2ccccc2)c1NC(=O)c1ccc2c(c1)CCCC(=O)N2. The van der Waals surface area contributed by atoms with Crippen molar-refractivity contribution in [1.82, 2.24) is 9.78 Å². The van der Waals surface area contributed by atoms with Crippen molar-refractivity contribution < 1.29 is 19.1 Å². The second-order valence-electron chi connectivity index (χ2n) is 7.10. The average molecular weight is 418 g/mol. The molecule has 0 bridgehead atoms. The first-order chi connectivity index (χ1) is 15.1. The van der Waals surface area contributed by atoms with Gasteiger partial charge >= 0.3 is 5.97 Å². The van der Waals surface area contributed by atoms with Crippen LogP contribution in [0.2, 0.25) is 0 Å². The Morgan fingerprint density at radius 3 is 2.74 bits per heavy atom. The Kier molecular flexibility index (Phi) is 5.79. The number of anilines is 2. The molecule has 3 aromatic rings. The average Bonchev–Trinajstić information content (AvgIpc) is 3.09. The lowest BCUT2D eigenvalue weighted by molar-refractivity contribution is -0.116. The molecule has 158 valence electrons. The predicted molar refractivity (Wildman–Crippen MR) is 115 cm³/mol. The Hall–Kier alpha value is -3.94. The quantitative estimate of drug-likeness (QED) is 0.617. The van der Waals surface area contributed by atoms with Gasteiger partial charge in [0.15, 0.2) is 5.82 Å².